The van der Waals surface area contributed by atoms with Crippen LogP contribution in [-0.4, -0.2) is 33.8 Å². The van der Waals surface area contributed by atoms with Crippen LogP contribution in [0.1, 0.15) is 37.6 Å². The first kappa shape index (κ1) is 15.0. The fraction of sp³-hybridized carbons (Fsp3) is 0.643. The summed E-state index contributed by atoms with van der Waals surface area (Å²) in [7, 11) is 0. The van der Waals surface area contributed by atoms with E-state index in [0.29, 0.717) is 6.54 Å². The second kappa shape index (κ2) is 5.16. The summed E-state index contributed by atoms with van der Waals surface area (Å²) in [5.41, 5.74) is -0.302. The summed E-state index contributed by atoms with van der Waals surface area (Å²) >= 11 is 1.56. The molecule has 1 fully saturated rings. The van der Waals surface area contributed by atoms with Gasteiger partial charge in [-0.25, -0.2) is 4.98 Å². The van der Waals surface area contributed by atoms with Crippen LogP contribution in [0.15, 0.2) is 6.20 Å². The van der Waals surface area contributed by atoms with E-state index in [-0.39, 0.29) is 17.2 Å². The minimum absolute atomic E-state index is 0.0301. The van der Waals surface area contributed by atoms with Gasteiger partial charge in [-0.2, -0.15) is 0 Å². The van der Waals surface area contributed by atoms with Crippen molar-refractivity contribution in [2.75, 3.05) is 0 Å². The van der Waals surface area contributed by atoms with Crippen molar-refractivity contribution in [1.82, 2.24) is 15.2 Å². The van der Waals surface area contributed by atoms with Gasteiger partial charge in [-0.05, 0) is 19.3 Å². The molecule has 0 spiro atoms. The van der Waals surface area contributed by atoms with Crippen LogP contribution in [0.4, 0.5) is 0 Å². The summed E-state index contributed by atoms with van der Waals surface area (Å²) in [6, 6.07) is -0.933. The number of amides is 2. The Kier molecular flexibility index (Phi) is 3.86. The van der Waals surface area contributed by atoms with Crippen LogP contribution in [0, 0.1) is 12.3 Å². The lowest BCUT2D eigenvalue weighted by atomic mass is 9.84. The molecular weight excluding hydrogens is 274 g/mol. The number of hydrogen-bond donors (Lipinski definition) is 1. The molecule has 2 heterocycles. The van der Waals surface area contributed by atoms with Crippen molar-refractivity contribution >= 4 is 23.2 Å². The van der Waals surface area contributed by atoms with E-state index in [4.69, 9.17) is 0 Å². The number of hydrogen-bond acceptors (Lipinski definition) is 4. The number of piperazine rings is 1. The molecule has 6 heteroatoms. The lowest BCUT2D eigenvalue weighted by Crippen LogP contribution is -2.65. The van der Waals surface area contributed by atoms with Crippen LogP contribution in [0.5, 0.6) is 0 Å². The molecule has 0 aromatic carbocycles. The number of aromatic nitrogens is 1. The maximum absolute atomic E-state index is 12.6. The van der Waals surface area contributed by atoms with Crippen LogP contribution in [0.3, 0.4) is 0 Å². The Balaban J connectivity index is 2.24. The summed E-state index contributed by atoms with van der Waals surface area (Å²) < 4.78 is 0. The molecule has 110 valence electrons. The fourth-order valence-corrected chi connectivity index (χ4v) is 3.03. The first-order valence-electron chi connectivity index (χ1n) is 6.72. The SMILES string of the molecule is Cc1cnc(CN2C(=O)C(C(C)(C)C)NC(=O)C2C)s1. The van der Waals surface area contributed by atoms with Gasteiger partial charge in [0.15, 0.2) is 0 Å². The molecule has 1 N–H and O–H groups in total. The van der Waals surface area contributed by atoms with Crippen molar-refractivity contribution in [1.29, 1.82) is 0 Å². The third kappa shape index (κ3) is 2.85. The molecule has 0 aliphatic carbocycles. The number of nitrogens with zero attached hydrogens (tertiary/aromatic N) is 2. The second-order valence-corrected chi connectivity index (χ2v) is 7.63. The molecule has 5 nitrogen and oxygen atoms in total. The molecule has 2 unspecified atom stereocenters. The summed E-state index contributed by atoms with van der Waals surface area (Å²) in [6.45, 7) is 10.0. The number of carbonyl (C=O) groups is 2. The van der Waals surface area contributed by atoms with Gasteiger partial charge in [-0.1, -0.05) is 20.8 Å². The van der Waals surface area contributed by atoms with E-state index < -0.39 is 12.1 Å². The molecule has 1 aromatic heterocycles. The molecule has 0 radical (unpaired) electrons. The third-order valence-electron chi connectivity index (χ3n) is 3.50. The quantitative estimate of drug-likeness (QED) is 0.903. The maximum atomic E-state index is 12.6. The van der Waals surface area contributed by atoms with Gasteiger partial charge >= 0.3 is 0 Å². The number of rotatable bonds is 2. The topological polar surface area (TPSA) is 62.3 Å². The highest BCUT2D eigenvalue weighted by molar-refractivity contribution is 7.11. The second-order valence-electron chi connectivity index (χ2n) is 6.31. The van der Waals surface area contributed by atoms with Gasteiger partial charge in [0.25, 0.3) is 0 Å². The van der Waals surface area contributed by atoms with E-state index in [1.165, 1.54) is 0 Å². The molecule has 1 saturated heterocycles. The molecule has 2 atom stereocenters. The average molecular weight is 295 g/mol. The molecule has 0 saturated carbocycles. The summed E-state index contributed by atoms with van der Waals surface area (Å²) in [5, 5.41) is 3.70. The van der Waals surface area contributed by atoms with E-state index in [9.17, 15) is 9.59 Å². The zero-order valence-electron chi connectivity index (χ0n) is 12.6. The van der Waals surface area contributed by atoms with Crippen molar-refractivity contribution < 1.29 is 9.59 Å². The molecule has 0 bridgehead atoms. The van der Waals surface area contributed by atoms with Crippen molar-refractivity contribution in [2.45, 2.75) is 53.2 Å². The Hall–Kier alpha value is -1.43. The van der Waals surface area contributed by atoms with Crippen LogP contribution >= 0.6 is 11.3 Å². The Labute approximate surface area is 123 Å². The highest BCUT2D eigenvalue weighted by Crippen LogP contribution is 2.26. The Morgan fingerprint density at radius 3 is 2.55 bits per heavy atom. The maximum Gasteiger partial charge on any atom is 0.246 e. The average Bonchev–Trinajstić information content (AvgIpc) is 2.73. The van der Waals surface area contributed by atoms with Gasteiger partial charge in [0, 0.05) is 11.1 Å². The van der Waals surface area contributed by atoms with Crippen molar-refractivity contribution in [3.8, 4) is 0 Å². The van der Waals surface area contributed by atoms with Gasteiger partial charge in [-0.15, -0.1) is 11.3 Å². The normalized spacial score (nSPS) is 23.9. The lowest BCUT2D eigenvalue weighted by molar-refractivity contribution is -0.152. The van der Waals surface area contributed by atoms with Crippen molar-refractivity contribution in [3.05, 3.63) is 16.1 Å². The summed E-state index contributed by atoms with van der Waals surface area (Å²) in [4.78, 5) is 31.7. The zero-order valence-corrected chi connectivity index (χ0v) is 13.4. The molecule has 1 aliphatic heterocycles. The first-order chi connectivity index (χ1) is 9.20. The molecule has 1 aromatic rings. The molecular formula is C14H21N3O2S. The van der Waals surface area contributed by atoms with E-state index in [1.54, 1.807) is 29.4 Å². The van der Waals surface area contributed by atoms with E-state index in [1.807, 2.05) is 27.7 Å². The van der Waals surface area contributed by atoms with Crippen LogP contribution in [-0.2, 0) is 16.1 Å². The van der Waals surface area contributed by atoms with E-state index in [0.717, 1.165) is 9.88 Å². The summed E-state index contributed by atoms with van der Waals surface area (Å²) in [6.07, 6.45) is 1.79. The minimum Gasteiger partial charge on any atom is -0.342 e. The van der Waals surface area contributed by atoms with Gasteiger partial charge in [0.2, 0.25) is 11.8 Å². The standard InChI is InChI=1S/C14H21N3O2S/c1-8-6-15-10(20-8)7-17-9(2)12(18)16-11(13(17)19)14(3,4)5/h6,9,11H,7H2,1-5H3,(H,16,18). The highest BCUT2D eigenvalue weighted by atomic mass is 32.1. The van der Waals surface area contributed by atoms with Crippen LogP contribution in [0.2, 0.25) is 0 Å². The first-order valence-corrected chi connectivity index (χ1v) is 7.54. The van der Waals surface area contributed by atoms with E-state index >= 15 is 0 Å². The molecule has 2 amide bonds. The van der Waals surface area contributed by atoms with Gasteiger partial charge < -0.3 is 10.2 Å². The zero-order chi connectivity index (χ0) is 15.1. The minimum atomic E-state index is -0.479. The Bertz CT molecular complexity index is 533. The highest BCUT2D eigenvalue weighted by Gasteiger charge is 2.43. The van der Waals surface area contributed by atoms with E-state index in [2.05, 4.69) is 10.3 Å². The predicted molar refractivity (Wildman–Crippen MR) is 78.2 cm³/mol. The monoisotopic (exact) mass is 295 g/mol. The number of aryl methyl sites for hydroxylation is 1. The van der Waals surface area contributed by atoms with Gasteiger partial charge in [-0.3, -0.25) is 9.59 Å². The third-order valence-corrected chi connectivity index (χ3v) is 4.40. The number of nitrogens with one attached hydrogen (secondary N) is 1. The van der Waals surface area contributed by atoms with Crippen LogP contribution in [0.25, 0.3) is 0 Å². The molecule has 1 aliphatic rings. The van der Waals surface area contributed by atoms with Crippen molar-refractivity contribution in [2.24, 2.45) is 5.41 Å². The summed E-state index contributed by atoms with van der Waals surface area (Å²) in [5.74, 6) is -0.129. The Morgan fingerprint density at radius 2 is 2.05 bits per heavy atom. The van der Waals surface area contributed by atoms with Gasteiger partial charge in [0.05, 0.1) is 6.54 Å². The number of carbonyl (C=O) groups excluding carboxylic acids is 2. The molecule has 2 rings (SSSR count). The molecule has 20 heavy (non-hydrogen) atoms. The van der Waals surface area contributed by atoms with Gasteiger partial charge in [0.1, 0.15) is 17.1 Å². The number of thiazole rings is 1. The fourth-order valence-electron chi connectivity index (χ4n) is 2.24. The van der Waals surface area contributed by atoms with Crippen LogP contribution < -0.4 is 5.32 Å². The van der Waals surface area contributed by atoms with Crippen molar-refractivity contribution in [3.63, 3.8) is 0 Å². The smallest absolute Gasteiger partial charge is 0.246 e. The largest absolute Gasteiger partial charge is 0.342 e. The predicted octanol–water partition coefficient (Wildman–Crippen LogP) is 1.71. The lowest BCUT2D eigenvalue weighted by Gasteiger charge is -2.41. The Morgan fingerprint density at radius 1 is 1.40 bits per heavy atom.